The summed E-state index contributed by atoms with van der Waals surface area (Å²) in [5, 5.41) is 3.16. The van der Waals surface area contributed by atoms with Crippen LogP contribution in [0.3, 0.4) is 0 Å². The topological polar surface area (TPSA) is 79.0 Å². The number of likely N-dealkylation sites (N-methyl/N-ethyl adjacent to an activating group) is 1. The van der Waals surface area contributed by atoms with Gasteiger partial charge in [-0.25, -0.2) is 0 Å². The van der Waals surface area contributed by atoms with Crippen molar-refractivity contribution in [1.29, 1.82) is 0 Å². The summed E-state index contributed by atoms with van der Waals surface area (Å²) in [5.41, 5.74) is -0.575. The second kappa shape index (κ2) is 5.93. The Morgan fingerprint density at radius 3 is 2.60 bits per heavy atom. The highest BCUT2D eigenvalue weighted by Crippen LogP contribution is 2.72. The number of Topliss-reactive ketones (excluding diaryl/α,β-unsaturated/α-hetero) is 1. The van der Waals surface area contributed by atoms with E-state index >= 15 is 0 Å². The minimum absolute atomic E-state index is 0.0124. The summed E-state index contributed by atoms with van der Waals surface area (Å²) >= 11 is 0. The van der Waals surface area contributed by atoms with Crippen molar-refractivity contribution in [2.24, 2.45) is 17.3 Å². The van der Waals surface area contributed by atoms with Gasteiger partial charge in [-0.2, -0.15) is 0 Å². The monoisotopic (exact) mass is 477 g/mol. The van der Waals surface area contributed by atoms with Crippen LogP contribution < -0.4 is 10.1 Å². The fraction of sp³-hybridized carbons (Fsp3) is 0.679. The van der Waals surface area contributed by atoms with Crippen molar-refractivity contribution in [3.63, 3.8) is 0 Å². The molecule has 2 bridgehead atoms. The van der Waals surface area contributed by atoms with Gasteiger partial charge in [-0.3, -0.25) is 19.3 Å². The van der Waals surface area contributed by atoms with Crippen LogP contribution in [0, 0.1) is 17.3 Å². The van der Waals surface area contributed by atoms with Gasteiger partial charge in [0.2, 0.25) is 11.8 Å². The molecule has 5 unspecified atom stereocenters. The summed E-state index contributed by atoms with van der Waals surface area (Å²) in [5.74, 6) is 1.25. The Kier molecular flexibility index (Phi) is 3.70. The third-order valence-corrected chi connectivity index (χ3v) is 11.2. The predicted molar refractivity (Wildman–Crippen MR) is 130 cm³/mol. The predicted octanol–water partition coefficient (Wildman–Crippen LogP) is 3.36. The molecule has 8 rings (SSSR count). The Labute approximate surface area is 206 Å². The van der Waals surface area contributed by atoms with E-state index in [1.54, 1.807) is 0 Å². The van der Waals surface area contributed by atoms with Gasteiger partial charge in [-0.15, -0.1) is 0 Å². The third kappa shape index (κ3) is 2.11. The first-order valence-corrected chi connectivity index (χ1v) is 13.1. The molecule has 186 valence electrons. The SMILES string of the molecule is CC1CCN2CC34CC5(C(=O)Nc6c5ccc5c6C(=O)CC(C)(C)O5)C(C)(C)C3CC12C(=O)N4C. The lowest BCUT2D eigenvalue weighted by molar-refractivity contribution is -0.189. The van der Waals surface area contributed by atoms with E-state index in [1.807, 2.05) is 37.9 Å². The van der Waals surface area contributed by atoms with E-state index in [0.717, 1.165) is 31.5 Å². The fourth-order valence-corrected chi connectivity index (χ4v) is 9.46. The summed E-state index contributed by atoms with van der Waals surface area (Å²) in [6.45, 7) is 12.3. The number of amides is 2. The van der Waals surface area contributed by atoms with Crippen LogP contribution in [0.1, 0.15) is 76.2 Å². The minimum Gasteiger partial charge on any atom is -0.487 e. The van der Waals surface area contributed by atoms with E-state index < -0.39 is 27.5 Å². The van der Waals surface area contributed by atoms with Gasteiger partial charge < -0.3 is 15.0 Å². The van der Waals surface area contributed by atoms with Gasteiger partial charge in [-0.1, -0.05) is 26.8 Å². The number of piperidine rings is 2. The second-order valence-electron chi connectivity index (χ2n) is 13.3. The summed E-state index contributed by atoms with van der Waals surface area (Å²) < 4.78 is 6.16. The molecule has 0 radical (unpaired) electrons. The average Bonchev–Trinajstić information content (AvgIpc) is 3.32. The number of benzene rings is 1. The summed E-state index contributed by atoms with van der Waals surface area (Å²) in [6.07, 6.45) is 2.71. The molecule has 6 aliphatic heterocycles. The lowest BCUT2D eigenvalue weighted by Gasteiger charge is -2.65. The standard InChI is InChI=1S/C28H35N3O4/c1-15-9-10-31-14-26-13-27(25(4,5)19(26)12-28(15,31)23(34)30(26)6)16-7-8-18-20(21(16)29-22(27)33)17(32)11-24(2,3)35-18/h7-8,15,19H,9-14H2,1-6H3,(H,29,33). The minimum atomic E-state index is -0.807. The van der Waals surface area contributed by atoms with Crippen LogP contribution in [0.5, 0.6) is 5.75 Å². The van der Waals surface area contributed by atoms with Gasteiger partial charge in [0.25, 0.3) is 0 Å². The number of hydrogen-bond donors (Lipinski definition) is 1. The van der Waals surface area contributed by atoms with Crippen LogP contribution in [0.15, 0.2) is 12.1 Å². The zero-order valence-corrected chi connectivity index (χ0v) is 21.6. The van der Waals surface area contributed by atoms with Crippen LogP contribution in [-0.2, 0) is 15.0 Å². The first kappa shape index (κ1) is 21.8. The molecule has 5 atom stereocenters. The molecule has 1 saturated carbocycles. The Morgan fingerprint density at radius 1 is 1.11 bits per heavy atom. The quantitative estimate of drug-likeness (QED) is 0.620. The number of rotatable bonds is 0. The largest absolute Gasteiger partial charge is 0.487 e. The van der Waals surface area contributed by atoms with Crippen LogP contribution >= 0.6 is 0 Å². The normalized spacial score (nSPS) is 42.0. The lowest BCUT2D eigenvalue weighted by Crippen LogP contribution is -2.79. The van der Waals surface area contributed by atoms with Crippen molar-refractivity contribution in [2.45, 2.75) is 82.4 Å². The number of carbonyl (C=O) groups excluding carboxylic acids is 3. The molecule has 1 N–H and O–H groups in total. The van der Waals surface area contributed by atoms with Crippen molar-refractivity contribution in [1.82, 2.24) is 9.80 Å². The van der Waals surface area contributed by atoms with Gasteiger partial charge in [0.15, 0.2) is 5.78 Å². The van der Waals surface area contributed by atoms with E-state index in [1.165, 1.54) is 0 Å². The van der Waals surface area contributed by atoms with Gasteiger partial charge in [-0.05, 0) is 68.5 Å². The highest BCUT2D eigenvalue weighted by atomic mass is 16.5. The number of nitrogens with one attached hydrogen (secondary N) is 1. The number of nitrogens with zero attached hydrogens (tertiary/aromatic N) is 2. The Bertz CT molecular complexity index is 1250. The smallest absolute Gasteiger partial charge is 0.243 e. The Hall–Kier alpha value is -2.41. The number of hydrogen-bond acceptors (Lipinski definition) is 5. The van der Waals surface area contributed by atoms with E-state index in [0.29, 0.717) is 29.3 Å². The molecule has 35 heavy (non-hydrogen) atoms. The van der Waals surface area contributed by atoms with Crippen molar-refractivity contribution in [3.05, 3.63) is 23.3 Å². The molecule has 5 fully saturated rings. The molecular formula is C28H35N3O4. The van der Waals surface area contributed by atoms with E-state index in [9.17, 15) is 14.4 Å². The molecule has 7 aliphatic rings. The lowest BCUT2D eigenvalue weighted by atomic mass is 9.56. The maximum Gasteiger partial charge on any atom is 0.243 e. The van der Waals surface area contributed by atoms with E-state index in [-0.39, 0.29) is 29.9 Å². The number of ketones is 1. The number of piperazine rings is 1. The second-order valence-corrected chi connectivity index (χ2v) is 13.3. The van der Waals surface area contributed by atoms with E-state index in [2.05, 4.69) is 31.0 Å². The summed E-state index contributed by atoms with van der Waals surface area (Å²) in [4.78, 5) is 45.8. The summed E-state index contributed by atoms with van der Waals surface area (Å²) in [6, 6.07) is 3.89. The maximum atomic E-state index is 14.1. The Balaban J connectivity index is 1.43. The molecule has 6 heterocycles. The number of fused-ring (bicyclic) bond motifs is 5. The van der Waals surface area contributed by atoms with Gasteiger partial charge in [0, 0.05) is 13.6 Å². The molecular weight excluding hydrogens is 442 g/mol. The van der Waals surface area contributed by atoms with Crippen LogP contribution in [-0.4, -0.2) is 64.2 Å². The zero-order chi connectivity index (χ0) is 24.9. The molecule has 2 amide bonds. The number of carbonyl (C=O) groups is 3. The van der Waals surface area contributed by atoms with Crippen molar-refractivity contribution >= 4 is 23.3 Å². The highest BCUT2D eigenvalue weighted by molar-refractivity contribution is 6.15. The molecule has 1 aliphatic carbocycles. The first-order chi connectivity index (χ1) is 16.3. The van der Waals surface area contributed by atoms with Gasteiger partial charge in [0.1, 0.15) is 16.9 Å². The molecule has 1 aromatic rings. The highest BCUT2D eigenvalue weighted by Gasteiger charge is 2.80. The Morgan fingerprint density at radius 2 is 1.86 bits per heavy atom. The fourth-order valence-electron chi connectivity index (χ4n) is 9.46. The summed E-state index contributed by atoms with van der Waals surface area (Å²) in [7, 11) is 1.97. The average molecular weight is 478 g/mol. The molecule has 7 heteroatoms. The van der Waals surface area contributed by atoms with Crippen LogP contribution in [0.2, 0.25) is 0 Å². The van der Waals surface area contributed by atoms with Crippen molar-refractivity contribution < 1.29 is 19.1 Å². The van der Waals surface area contributed by atoms with Gasteiger partial charge >= 0.3 is 0 Å². The molecule has 0 aromatic heterocycles. The molecule has 4 saturated heterocycles. The maximum absolute atomic E-state index is 14.1. The molecule has 3 spiro atoms. The number of anilines is 1. The van der Waals surface area contributed by atoms with Crippen molar-refractivity contribution in [3.8, 4) is 5.75 Å². The van der Waals surface area contributed by atoms with E-state index in [4.69, 9.17) is 4.74 Å². The molecule has 7 nitrogen and oxygen atoms in total. The third-order valence-electron chi connectivity index (χ3n) is 11.2. The number of ether oxygens (including phenoxy) is 1. The zero-order valence-electron chi connectivity index (χ0n) is 21.6. The first-order valence-electron chi connectivity index (χ1n) is 13.1. The molecule has 1 aromatic carbocycles. The van der Waals surface area contributed by atoms with Crippen LogP contribution in [0.4, 0.5) is 5.69 Å². The van der Waals surface area contributed by atoms with Crippen molar-refractivity contribution in [2.75, 3.05) is 25.5 Å². The van der Waals surface area contributed by atoms with Crippen LogP contribution in [0.25, 0.3) is 0 Å². The van der Waals surface area contributed by atoms with Gasteiger partial charge in [0.05, 0.1) is 28.6 Å².